The van der Waals surface area contributed by atoms with Crippen molar-refractivity contribution in [3.63, 3.8) is 0 Å². The summed E-state index contributed by atoms with van der Waals surface area (Å²) in [6.45, 7) is 2.23. The molecule has 0 saturated heterocycles. The summed E-state index contributed by atoms with van der Waals surface area (Å²) in [4.78, 5) is 0. The highest BCUT2D eigenvalue weighted by molar-refractivity contribution is 7.91. The number of phenols is 2. The number of unbranched alkanes of at least 4 members (excludes halogenated alkanes) is 10. The number of hydrogen-bond acceptors (Lipinski definition) is 3. The fraction of sp³-hybridized carbons (Fsp3) is 0.625. The molecule has 2 aromatic carbocycles. The molecular weight excluding hydrogens is 464 g/mol. The third-order valence-electron chi connectivity index (χ3n) is 7.92. The molecule has 0 aromatic heterocycles. The first-order chi connectivity index (χ1) is 17.6. The van der Waals surface area contributed by atoms with E-state index in [1.807, 2.05) is 24.3 Å². The predicted molar refractivity (Wildman–Crippen MR) is 154 cm³/mol. The maximum absolute atomic E-state index is 12.1. The van der Waals surface area contributed by atoms with Gasteiger partial charge in [0.05, 0.1) is 0 Å². The molecule has 2 aromatic rings. The van der Waals surface area contributed by atoms with Gasteiger partial charge in [-0.3, -0.25) is 0 Å². The van der Waals surface area contributed by atoms with Crippen molar-refractivity contribution in [3.8, 4) is 11.5 Å². The molecule has 0 amide bonds. The van der Waals surface area contributed by atoms with Crippen LogP contribution in [0.5, 0.6) is 11.5 Å². The average Bonchev–Trinajstić information content (AvgIpc) is 2.88. The molecule has 2 N–H and O–H groups in total. The molecule has 36 heavy (non-hydrogen) atoms. The van der Waals surface area contributed by atoms with Crippen LogP contribution in [0.1, 0.15) is 125 Å². The zero-order valence-corrected chi connectivity index (χ0v) is 23.2. The van der Waals surface area contributed by atoms with E-state index in [1.165, 1.54) is 87.3 Å². The number of aromatic hydroxyl groups is 2. The van der Waals surface area contributed by atoms with Crippen LogP contribution < -0.4 is 0 Å². The summed E-state index contributed by atoms with van der Waals surface area (Å²) in [6, 6.07) is 13.7. The summed E-state index contributed by atoms with van der Waals surface area (Å²) < 4.78 is 12.1. The summed E-state index contributed by atoms with van der Waals surface area (Å²) in [5.41, 5.74) is 4.01. The van der Waals surface area contributed by atoms with E-state index in [2.05, 4.69) is 25.1 Å². The van der Waals surface area contributed by atoms with Crippen molar-refractivity contribution in [2.75, 3.05) is 11.5 Å². The van der Waals surface area contributed by atoms with Gasteiger partial charge in [-0.05, 0) is 97.7 Å². The molecule has 0 aliphatic heterocycles. The van der Waals surface area contributed by atoms with Gasteiger partial charge >= 0.3 is 0 Å². The van der Waals surface area contributed by atoms with Crippen molar-refractivity contribution in [1.29, 1.82) is 0 Å². The van der Waals surface area contributed by atoms with Crippen LogP contribution in [0.25, 0.3) is 0 Å². The molecular formula is C32H48O3S. The molecule has 0 bridgehead atoms. The van der Waals surface area contributed by atoms with Gasteiger partial charge in [0, 0.05) is 0 Å². The summed E-state index contributed by atoms with van der Waals surface area (Å²) in [6.07, 6.45) is 18.1. The van der Waals surface area contributed by atoms with E-state index in [4.69, 9.17) is 0 Å². The molecule has 0 saturated carbocycles. The lowest BCUT2D eigenvalue weighted by molar-refractivity contribution is 0.423. The van der Waals surface area contributed by atoms with Gasteiger partial charge < -0.3 is 14.8 Å². The Morgan fingerprint density at radius 1 is 0.750 bits per heavy atom. The van der Waals surface area contributed by atoms with Crippen LogP contribution >= 0.6 is 0 Å². The minimum absolute atomic E-state index is 0.324. The van der Waals surface area contributed by atoms with Crippen molar-refractivity contribution in [2.24, 2.45) is 0 Å². The molecule has 0 fully saturated rings. The van der Waals surface area contributed by atoms with Crippen LogP contribution in [0.15, 0.2) is 42.5 Å². The van der Waals surface area contributed by atoms with Gasteiger partial charge in [-0.1, -0.05) is 87.7 Å². The molecule has 0 heterocycles. The topological polar surface area (TPSA) is 63.5 Å². The minimum Gasteiger partial charge on any atom is -0.616 e. The van der Waals surface area contributed by atoms with E-state index in [1.54, 1.807) is 0 Å². The van der Waals surface area contributed by atoms with Gasteiger partial charge in [-0.25, -0.2) is 0 Å². The highest BCUT2D eigenvalue weighted by atomic mass is 32.2. The Morgan fingerprint density at radius 2 is 1.33 bits per heavy atom. The largest absolute Gasteiger partial charge is 0.616 e. The Kier molecular flexibility index (Phi) is 13.0. The van der Waals surface area contributed by atoms with Gasteiger partial charge in [0.2, 0.25) is 0 Å². The molecule has 1 aliphatic rings. The SMILES string of the molecule is CCCCCCC[S+]([O-])CCCCCCCCCC1c2ccc(O)cc2CCC1c1ccc(O)cc1. The third-order valence-corrected chi connectivity index (χ3v) is 9.41. The fourth-order valence-electron chi connectivity index (χ4n) is 5.86. The first-order valence-corrected chi connectivity index (χ1v) is 16.0. The van der Waals surface area contributed by atoms with Crippen LogP contribution in [0.2, 0.25) is 0 Å². The van der Waals surface area contributed by atoms with Gasteiger partial charge in [0.25, 0.3) is 0 Å². The van der Waals surface area contributed by atoms with E-state index in [9.17, 15) is 14.8 Å². The normalized spacial score (nSPS) is 18.2. The molecule has 3 nitrogen and oxygen atoms in total. The summed E-state index contributed by atoms with van der Waals surface area (Å²) in [5, 5.41) is 19.7. The van der Waals surface area contributed by atoms with Crippen LogP contribution in [-0.4, -0.2) is 26.3 Å². The fourth-order valence-corrected chi connectivity index (χ4v) is 7.11. The minimum atomic E-state index is -0.609. The maximum atomic E-state index is 12.1. The molecule has 4 heteroatoms. The summed E-state index contributed by atoms with van der Waals surface area (Å²) in [7, 11) is 0. The quantitative estimate of drug-likeness (QED) is 0.164. The van der Waals surface area contributed by atoms with Gasteiger partial charge in [-0.2, -0.15) is 0 Å². The lowest BCUT2D eigenvalue weighted by Crippen LogP contribution is -2.19. The monoisotopic (exact) mass is 512 g/mol. The first kappa shape index (κ1) is 28.9. The van der Waals surface area contributed by atoms with Crippen molar-refractivity contribution in [2.45, 2.75) is 115 Å². The van der Waals surface area contributed by atoms with Crippen LogP contribution in [-0.2, 0) is 17.6 Å². The van der Waals surface area contributed by atoms with E-state index in [0.717, 1.165) is 37.2 Å². The molecule has 3 unspecified atom stereocenters. The standard InChI is InChI=1S/C32H48O3S/c1-2-3-4-9-12-23-36(35)24-13-10-7-5-6-8-11-14-32-30(26-15-18-28(33)19-16-26)21-17-27-25-29(34)20-22-31(27)32/h15-16,18-20,22,25,30,32-34H,2-14,17,21,23-24H2,1H3. The van der Waals surface area contributed by atoms with E-state index >= 15 is 0 Å². The van der Waals surface area contributed by atoms with E-state index in [-0.39, 0.29) is 0 Å². The second-order valence-corrected chi connectivity index (χ2v) is 12.4. The summed E-state index contributed by atoms with van der Waals surface area (Å²) >= 11 is -0.609. The van der Waals surface area contributed by atoms with Crippen molar-refractivity contribution in [1.82, 2.24) is 0 Å². The van der Waals surface area contributed by atoms with E-state index < -0.39 is 11.2 Å². The van der Waals surface area contributed by atoms with Crippen molar-refractivity contribution >= 4 is 11.2 Å². The Morgan fingerprint density at radius 3 is 2.00 bits per heavy atom. The molecule has 3 atom stereocenters. The predicted octanol–water partition coefficient (Wildman–Crippen LogP) is 8.75. The zero-order valence-electron chi connectivity index (χ0n) is 22.4. The number of rotatable bonds is 17. The molecule has 200 valence electrons. The van der Waals surface area contributed by atoms with Crippen LogP contribution in [0.3, 0.4) is 0 Å². The number of hydrogen-bond donors (Lipinski definition) is 2. The first-order valence-electron chi connectivity index (χ1n) is 14.5. The van der Waals surface area contributed by atoms with Gasteiger partial charge in [0.1, 0.15) is 23.0 Å². The van der Waals surface area contributed by atoms with Crippen molar-refractivity contribution in [3.05, 3.63) is 59.2 Å². The van der Waals surface area contributed by atoms with Crippen LogP contribution in [0.4, 0.5) is 0 Å². The molecule has 0 radical (unpaired) electrons. The Labute approximate surface area is 222 Å². The lowest BCUT2D eigenvalue weighted by Gasteiger charge is -2.34. The van der Waals surface area contributed by atoms with Gasteiger partial charge in [-0.15, -0.1) is 0 Å². The van der Waals surface area contributed by atoms with Gasteiger partial charge in [0.15, 0.2) is 0 Å². The number of aryl methyl sites for hydroxylation is 1. The second kappa shape index (κ2) is 16.2. The molecule has 1 aliphatic carbocycles. The highest BCUT2D eigenvalue weighted by Gasteiger charge is 2.30. The number of fused-ring (bicyclic) bond motifs is 1. The smallest absolute Gasteiger partial charge is 0.115 e. The number of benzene rings is 2. The Balaban J connectivity index is 1.35. The molecule has 3 rings (SSSR count). The average molecular weight is 513 g/mol. The lowest BCUT2D eigenvalue weighted by atomic mass is 9.70. The number of phenolic OH excluding ortho intramolecular Hbond substituents is 2. The molecule has 0 spiro atoms. The zero-order chi connectivity index (χ0) is 25.6. The third kappa shape index (κ3) is 9.67. The Bertz CT molecular complexity index is 866. The summed E-state index contributed by atoms with van der Waals surface area (Å²) in [5.74, 6) is 3.42. The highest BCUT2D eigenvalue weighted by Crippen LogP contribution is 2.46. The van der Waals surface area contributed by atoms with Crippen LogP contribution in [0, 0.1) is 0 Å². The van der Waals surface area contributed by atoms with Crippen molar-refractivity contribution < 1.29 is 14.8 Å². The Hall–Kier alpha value is -1.65. The maximum Gasteiger partial charge on any atom is 0.115 e. The van der Waals surface area contributed by atoms with E-state index in [0.29, 0.717) is 23.3 Å². The second-order valence-electron chi connectivity index (χ2n) is 10.8.